The Morgan fingerprint density at radius 1 is 1.27 bits per heavy atom. The van der Waals surface area contributed by atoms with Crippen LogP contribution in [0.25, 0.3) is 0 Å². The third-order valence-electron chi connectivity index (χ3n) is 4.89. The number of amides is 4. The summed E-state index contributed by atoms with van der Waals surface area (Å²) in [6.07, 6.45) is 0. The molecule has 1 aromatic carbocycles. The van der Waals surface area contributed by atoms with E-state index in [1.54, 1.807) is 0 Å². The second-order valence-corrected chi connectivity index (χ2v) is 8.98. The average Bonchev–Trinajstić information content (AvgIpc) is 3.35. The van der Waals surface area contributed by atoms with Gasteiger partial charge in [0.2, 0.25) is 11.7 Å². The molecule has 3 heterocycles. The maximum atomic E-state index is 12.9. The number of nitro groups is 1. The van der Waals surface area contributed by atoms with Crippen LogP contribution in [0.2, 0.25) is 0 Å². The van der Waals surface area contributed by atoms with Gasteiger partial charge in [0.05, 0.1) is 29.6 Å². The number of nitrogens with zero attached hydrogens (tertiary/aromatic N) is 5. The molecule has 0 saturated carbocycles. The molecule has 13 heteroatoms. The molecular formula is C20H17N6O5S2+. The van der Waals surface area contributed by atoms with E-state index in [-0.39, 0.29) is 23.2 Å². The van der Waals surface area contributed by atoms with E-state index < -0.39 is 22.8 Å². The average molecular weight is 486 g/mol. The van der Waals surface area contributed by atoms with Crippen LogP contribution in [0.15, 0.2) is 51.8 Å². The zero-order chi connectivity index (χ0) is 23.7. The van der Waals surface area contributed by atoms with Gasteiger partial charge in [-0.2, -0.15) is 9.48 Å². The van der Waals surface area contributed by atoms with E-state index in [1.807, 2.05) is 17.5 Å². The second-order valence-electron chi connectivity index (χ2n) is 7.03. The fourth-order valence-corrected chi connectivity index (χ4v) is 4.74. The van der Waals surface area contributed by atoms with Gasteiger partial charge >= 0.3 is 11.9 Å². The highest BCUT2D eigenvalue weighted by Crippen LogP contribution is 2.27. The lowest BCUT2D eigenvalue weighted by molar-refractivity contribution is -0.407. The predicted molar refractivity (Wildman–Crippen MR) is 125 cm³/mol. The Morgan fingerprint density at radius 2 is 2.00 bits per heavy atom. The van der Waals surface area contributed by atoms with Gasteiger partial charge < -0.3 is 5.32 Å². The first-order valence-electron chi connectivity index (χ1n) is 9.56. The van der Waals surface area contributed by atoms with Crippen LogP contribution in [0.1, 0.15) is 4.88 Å². The number of hydrogen-bond donors (Lipinski definition) is 1. The molecular weight excluding hydrogens is 468 g/mol. The van der Waals surface area contributed by atoms with Gasteiger partial charge in [0.25, 0.3) is 11.5 Å². The quantitative estimate of drug-likeness (QED) is 0.392. The van der Waals surface area contributed by atoms with Crippen LogP contribution in [0.3, 0.4) is 0 Å². The number of aliphatic imine (C=N–C) groups is 2. The van der Waals surface area contributed by atoms with Crippen molar-refractivity contribution in [2.45, 2.75) is 0 Å². The van der Waals surface area contributed by atoms with Gasteiger partial charge in [0, 0.05) is 17.8 Å². The number of nitro benzene ring substituents is 1. The van der Waals surface area contributed by atoms with Crippen molar-refractivity contribution in [3.8, 4) is 0 Å². The third kappa shape index (κ3) is 4.45. The number of benzene rings is 1. The summed E-state index contributed by atoms with van der Waals surface area (Å²) in [4.78, 5) is 58.8. The summed E-state index contributed by atoms with van der Waals surface area (Å²) in [5.41, 5.74) is 0.324. The van der Waals surface area contributed by atoms with Crippen molar-refractivity contribution < 1.29 is 23.9 Å². The third-order valence-corrected chi connectivity index (χ3v) is 6.79. The van der Waals surface area contributed by atoms with Gasteiger partial charge in [0.1, 0.15) is 5.04 Å². The summed E-state index contributed by atoms with van der Waals surface area (Å²) in [7, 11) is 2.93. The Hall–Kier alpha value is -3.71. The minimum absolute atomic E-state index is 0.0635. The van der Waals surface area contributed by atoms with Gasteiger partial charge in [-0.05, 0) is 23.6 Å². The number of non-ortho nitro benzene ring substituents is 1. The van der Waals surface area contributed by atoms with E-state index >= 15 is 0 Å². The molecule has 11 nitrogen and oxygen atoms in total. The van der Waals surface area contributed by atoms with Crippen LogP contribution in [-0.2, 0) is 9.59 Å². The van der Waals surface area contributed by atoms with Crippen molar-refractivity contribution in [1.82, 2.24) is 4.90 Å². The molecule has 1 unspecified atom stereocenters. The second kappa shape index (κ2) is 9.03. The Balaban J connectivity index is 1.56. The van der Waals surface area contributed by atoms with E-state index in [2.05, 4.69) is 15.3 Å². The summed E-state index contributed by atoms with van der Waals surface area (Å²) in [5, 5.41) is 15.7. The number of amidine groups is 2. The van der Waals surface area contributed by atoms with Gasteiger partial charge in [-0.25, -0.2) is 9.79 Å². The molecule has 1 N–H and O–H groups in total. The number of thiophene rings is 1. The Morgan fingerprint density at radius 3 is 2.64 bits per heavy atom. The minimum Gasteiger partial charge on any atom is -0.325 e. The number of urea groups is 1. The maximum absolute atomic E-state index is 12.9. The van der Waals surface area contributed by atoms with Gasteiger partial charge in [-0.1, -0.05) is 22.8 Å². The van der Waals surface area contributed by atoms with Crippen molar-refractivity contribution >= 4 is 69.0 Å². The normalized spacial score (nSPS) is 18.0. The molecule has 2 aliphatic heterocycles. The fourth-order valence-electron chi connectivity index (χ4n) is 3.21. The zero-order valence-electron chi connectivity index (χ0n) is 17.4. The van der Waals surface area contributed by atoms with E-state index in [0.717, 1.165) is 21.5 Å². The molecule has 33 heavy (non-hydrogen) atoms. The van der Waals surface area contributed by atoms with Crippen molar-refractivity contribution in [3.05, 3.63) is 56.8 Å². The zero-order valence-corrected chi connectivity index (χ0v) is 19.1. The van der Waals surface area contributed by atoms with Crippen LogP contribution in [-0.4, -0.2) is 68.8 Å². The fraction of sp³-hybridized carbons (Fsp3) is 0.200. The lowest BCUT2D eigenvalue weighted by Crippen LogP contribution is -2.54. The number of imide groups is 1. The van der Waals surface area contributed by atoms with Crippen molar-refractivity contribution in [2.24, 2.45) is 15.9 Å². The first kappa shape index (κ1) is 22.5. The number of rotatable bonds is 5. The number of nitrogens with one attached hydrogen (secondary N) is 1. The highest BCUT2D eigenvalue weighted by molar-refractivity contribution is 8.14. The molecule has 0 radical (unpaired) electrons. The first-order chi connectivity index (χ1) is 15.8. The van der Waals surface area contributed by atoms with E-state index in [4.69, 9.17) is 0 Å². The number of hydrogen-bond acceptors (Lipinski definition) is 9. The predicted octanol–water partition coefficient (Wildman–Crippen LogP) is 2.44. The number of carbonyl (C=O) groups is 3. The Labute approximate surface area is 195 Å². The van der Waals surface area contributed by atoms with E-state index in [9.17, 15) is 24.5 Å². The monoisotopic (exact) mass is 485 g/mol. The van der Waals surface area contributed by atoms with E-state index in [0.29, 0.717) is 16.6 Å². The molecule has 0 fully saturated rings. The summed E-state index contributed by atoms with van der Waals surface area (Å²) < 4.78 is 1.31. The minimum atomic E-state index is -0.890. The summed E-state index contributed by atoms with van der Waals surface area (Å²) in [6, 6.07) is 8.64. The molecule has 0 aliphatic carbocycles. The Kier molecular flexibility index (Phi) is 6.16. The number of fused-ring (bicyclic) bond motifs is 1. The molecule has 2 aliphatic rings. The van der Waals surface area contributed by atoms with Crippen molar-refractivity contribution in [1.29, 1.82) is 0 Å². The molecule has 168 valence electrons. The summed E-state index contributed by atoms with van der Waals surface area (Å²) in [6.45, 7) is 0. The highest BCUT2D eigenvalue weighted by Gasteiger charge is 2.49. The number of thioether (sulfide) groups is 1. The topological polar surface area (TPSA) is 137 Å². The summed E-state index contributed by atoms with van der Waals surface area (Å²) >= 11 is 2.49. The van der Waals surface area contributed by atoms with Crippen molar-refractivity contribution in [3.63, 3.8) is 0 Å². The molecule has 4 amide bonds. The van der Waals surface area contributed by atoms with Crippen LogP contribution < -0.4 is 5.32 Å². The molecule has 1 aromatic heterocycles. The smallest absolute Gasteiger partial charge is 0.325 e. The molecule has 1 atom stereocenters. The lowest BCUT2D eigenvalue weighted by Gasteiger charge is -2.26. The van der Waals surface area contributed by atoms with Crippen LogP contribution in [0.5, 0.6) is 0 Å². The highest BCUT2D eigenvalue weighted by atomic mass is 32.2. The number of anilines is 1. The number of carbonyl (C=O) groups excluding carboxylic acids is 3. The summed E-state index contributed by atoms with van der Waals surface area (Å²) in [5.74, 6) is -1.17. The van der Waals surface area contributed by atoms with Gasteiger partial charge in [0.15, 0.2) is 5.92 Å². The SMILES string of the molecule is CN1C(=O)C2C(SCC(=O)Nc3ccc([N+](=O)[O-])cc3)=NC(c3cccs3)=NC2=[N+](C)C1=O. The van der Waals surface area contributed by atoms with Gasteiger partial charge in [-0.3, -0.25) is 19.7 Å². The molecule has 4 rings (SSSR count). The lowest BCUT2D eigenvalue weighted by atomic mass is 10.0. The maximum Gasteiger partial charge on any atom is 0.445 e. The van der Waals surface area contributed by atoms with E-state index in [1.165, 1.54) is 54.3 Å². The van der Waals surface area contributed by atoms with Crippen molar-refractivity contribution in [2.75, 3.05) is 25.2 Å². The molecule has 0 saturated heterocycles. The largest absolute Gasteiger partial charge is 0.445 e. The van der Waals surface area contributed by atoms with Crippen LogP contribution in [0.4, 0.5) is 16.2 Å². The van der Waals surface area contributed by atoms with Crippen LogP contribution in [0, 0.1) is 16.0 Å². The molecule has 2 aromatic rings. The Bertz CT molecular complexity index is 1250. The first-order valence-corrected chi connectivity index (χ1v) is 11.4. The molecule has 0 spiro atoms. The van der Waals surface area contributed by atoms with Crippen LogP contribution >= 0.6 is 23.1 Å². The molecule has 0 bridgehead atoms. The standard InChI is InChI=1S/C20H16N6O5S2/c1-24-17-15(19(28)25(2)20(24)29)18(23-16(22-17)13-4-3-9-32-13)33-10-14(27)21-11-5-7-12(8-6-11)26(30)31/h3-9,15H,10H2,1-2H3/p+1. The van der Waals surface area contributed by atoms with Gasteiger partial charge in [-0.15, -0.1) is 11.3 Å².